The Morgan fingerprint density at radius 3 is 2.20 bits per heavy atom. The molecule has 0 spiro atoms. The summed E-state index contributed by atoms with van der Waals surface area (Å²) in [4.78, 5) is 0.220. The van der Waals surface area contributed by atoms with Gasteiger partial charge in [-0.25, -0.2) is 8.42 Å². The van der Waals surface area contributed by atoms with Gasteiger partial charge in [-0.3, -0.25) is 4.31 Å². The SMILES string of the molecule is Cc1ccc(S(=O)(=O)N(Cc2ccccc2)c2cccc(O)c2)cc1. The Morgan fingerprint density at radius 2 is 1.56 bits per heavy atom. The predicted octanol–water partition coefficient (Wildman–Crippen LogP) is 4.10. The first kappa shape index (κ1) is 17.0. The largest absolute Gasteiger partial charge is 0.508 e. The fraction of sp³-hybridized carbons (Fsp3) is 0.100. The van der Waals surface area contributed by atoms with Crippen LogP contribution in [-0.2, 0) is 16.6 Å². The first-order valence-electron chi connectivity index (χ1n) is 7.89. The van der Waals surface area contributed by atoms with E-state index in [4.69, 9.17) is 0 Å². The Kier molecular flexibility index (Phi) is 4.76. The number of hydrogen-bond acceptors (Lipinski definition) is 3. The monoisotopic (exact) mass is 353 g/mol. The molecule has 0 unspecified atom stereocenters. The second-order valence-electron chi connectivity index (χ2n) is 5.83. The molecule has 5 heteroatoms. The zero-order valence-corrected chi connectivity index (χ0v) is 14.6. The number of nitrogens with zero attached hydrogens (tertiary/aromatic N) is 1. The Labute approximate surface area is 148 Å². The zero-order valence-electron chi connectivity index (χ0n) is 13.8. The highest BCUT2D eigenvalue weighted by Crippen LogP contribution is 2.28. The van der Waals surface area contributed by atoms with Crippen LogP contribution in [-0.4, -0.2) is 13.5 Å². The molecule has 1 N–H and O–H groups in total. The molecule has 0 aliphatic carbocycles. The highest BCUT2D eigenvalue weighted by molar-refractivity contribution is 7.92. The minimum absolute atomic E-state index is 0.0228. The zero-order chi connectivity index (χ0) is 17.9. The molecule has 0 saturated heterocycles. The van der Waals surface area contributed by atoms with E-state index < -0.39 is 10.0 Å². The van der Waals surface area contributed by atoms with Crippen molar-refractivity contribution >= 4 is 15.7 Å². The van der Waals surface area contributed by atoms with Gasteiger partial charge in [-0.15, -0.1) is 0 Å². The number of anilines is 1. The molecule has 0 aliphatic rings. The molecule has 25 heavy (non-hydrogen) atoms. The highest BCUT2D eigenvalue weighted by atomic mass is 32.2. The van der Waals surface area contributed by atoms with Crippen LogP contribution in [0.4, 0.5) is 5.69 Å². The van der Waals surface area contributed by atoms with Crippen molar-refractivity contribution in [1.29, 1.82) is 0 Å². The van der Waals surface area contributed by atoms with Crippen molar-refractivity contribution < 1.29 is 13.5 Å². The fourth-order valence-electron chi connectivity index (χ4n) is 2.55. The topological polar surface area (TPSA) is 57.6 Å². The summed E-state index contributed by atoms with van der Waals surface area (Å²) >= 11 is 0. The first-order chi connectivity index (χ1) is 12.0. The van der Waals surface area contributed by atoms with E-state index in [2.05, 4.69) is 0 Å². The molecule has 0 amide bonds. The second kappa shape index (κ2) is 6.99. The van der Waals surface area contributed by atoms with Gasteiger partial charge in [0, 0.05) is 6.07 Å². The summed E-state index contributed by atoms with van der Waals surface area (Å²) in [5.74, 6) is 0.0228. The number of phenols is 1. The maximum Gasteiger partial charge on any atom is 0.264 e. The van der Waals surface area contributed by atoms with Gasteiger partial charge < -0.3 is 5.11 Å². The molecule has 3 rings (SSSR count). The van der Waals surface area contributed by atoms with Crippen molar-refractivity contribution in [1.82, 2.24) is 0 Å². The van der Waals surface area contributed by atoms with Gasteiger partial charge in [0.15, 0.2) is 0 Å². The van der Waals surface area contributed by atoms with Crippen LogP contribution in [0.15, 0.2) is 83.8 Å². The van der Waals surface area contributed by atoms with E-state index in [1.165, 1.54) is 16.4 Å². The molecule has 0 aromatic heterocycles. The van der Waals surface area contributed by atoms with Crippen molar-refractivity contribution in [3.8, 4) is 5.75 Å². The van der Waals surface area contributed by atoms with Crippen LogP contribution in [0.25, 0.3) is 0 Å². The second-order valence-corrected chi connectivity index (χ2v) is 7.69. The van der Waals surface area contributed by atoms with Gasteiger partial charge in [0.1, 0.15) is 5.75 Å². The lowest BCUT2D eigenvalue weighted by molar-refractivity contribution is 0.475. The number of phenolic OH excluding ortho intramolecular Hbond substituents is 1. The Morgan fingerprint density at radius 1 is 0.880 bits per heavy atom. The molecule has 0 heterocycles. The summed E-state index contributed by atoms with van der Waals surface area (Å²) in [6, 6.07) is 22.4. The van der Waals surface area contributed by atoms with Crippen molar-refractivity contribution in [3.05, 3.63) is 90.0 Å². The maximum absolute atomic E-state index is 13.2. The summed E-state index contributed by atoms with van der Waals surface area (Å²) in [5, 5.41) is 9.78. The standard InChI is InChI=1S/C20H19NO3S/c1-16-10-12-20(13-11-16)25(23,24)21(15-17-6-3-2-4-7-17)18-8-5-9-19(22)14-18/h2-14,22H,15H2,1H3. The van der Waals surface area contributed by atoms with E-state index in [0.717, 1.165) is 11.1 Å². The minimum Gasteiger partial charge on any atom is -0.508 e. The number of benzene rings is 3. The van der Waals surface area contributed by atoms with Gasteiger partial charge >= 0.3 is 0 Å². The van der Waals surface area contributed by atoms with Gasteiger partial charge in [0.25, 0.3) is 10.0 Å². The lowest BCUT2D eigenvalue weighted by Gasteiger charge is -2.25. The Balaban J connectivity index is 2.08. The molecule has 4 nitrogen and oxygen atoms in total. The number of aryl methyl sites for hydroxylation is 1. The molecule has 0 atom stereocenters. The van der Waals surface area contributed by atoms with Crippen LogP contribution >= 0.6 is 0 Å². The van der Waals surface area contributed by atoms with Crippen molar-refractivity contribution in [3.63, 3.8) is 0 Å². The van der Waals surface area contributed by atoms with Crippen molar-refractivity contribution in [2.24, 2.45) is 0 Å². The number of rotatable bonds is 5. The third-order valence-electron chi connectivity index (χ3n) is 3.90. The van der Waals surface area contributed by atoms with E-state index in [9.17, 15) is 13.5 Å². The van der Waals surface area contributed by atoms with Gasteiger partial charge in [-0.2, -0.15) is 0 Å². The van der Waals surface area contributed by atoms with Gasteiger partial charge in [-0.05, 0) is 36.8 Å². The number of sulfonamides is 1. The third-order valence-corrected chi connectivity index (χ3v) is 5.68. The van der Waals surface area contributed by atoms with Gasteiger partial charge in [0.2, 0.25) is 0 Å². The summed E-state index contributed by atoms with van der Waals surface area (Å²) in [6.45, 7) is 2.09. The van der Waals surface area contributed by atoms with E-state index in [1.807, 2.05) is 37.3 Å². The lowest BCUT2D eigenvalue weighted by atomic mass is 10.2. The average Bonchev–Trinajstić information content (AvgIpc) is 2.61. The summed E-state index contributed by atoms with van der Waals surface area (Å²) in [6.07, 6.45) is 0. The fourth-order valence-corrected chi connectivity index (χ4v) is 3.99. The van der Waals surface area contributed by atoms with Gasteiger partial charge in [-0.1, -0.05) is 54.1 Å². The molecule has 3 aromatic rings. The van der Waals surface area contributed by atoms with E-state index in [-0.39, 0.29) is 17.2 Å². The van der Waals surface area contributed by atoms with Crippen LogP contribution in [0.5, 0.6) is 5.75 Å². The van der Waals surface area contributed by atoms with E-state index in [1.54, 1.807) is 36.4 Å². The molecule has 0 bridgehead atoms. The van der Waals surface area contributed by atoms with Crippen LogP contribution in [0.3, 0.4) is 0 Å². The average molecular weight is 353 g/mol. The lowest BCUT2D eigenvalue weighted by Crippen LogP contribution is -2.30. The summed E-state index contributed by atoms with van der Waals surface area (Å²) in [7, 11) is -3.76. The number of aromatic hydroxyl groups is 1. The molecule has 0 radical (unpaired) electrons. The van der Waals surface area contributed by atoms with Gasteiger partial charge in [0.05, 0.1) is 17.1 Å². The number of hydrogen-bond donors (Lipinski definition) is 1. The van der Waals surface area contributed by atoms with Crippen LogP contribution in [0.1, 0.15) is 11.1 Å². The Bertz CT molecular complexity index is 952. The third kappa shape index (κ3) is 3.83. The molecular weight excluding hydrogens is 334 g/mol. The summed E-state index contributed by atoms with van der Waals surface area (Å²) in [5.41, 5.74) is 2.27. The normalized spacial score (nSPS) is 11.2. The smallest absolute Gasteiger partial charge is 0.264 e. The molecule has 0 aliphatic heterocycles. The van der Waals surface area contributed by atoms with E-state index >= 15 is 0 Å². The van der Waals surface area contributed by atoms with Crippen LogP contribution in [0, 0.1) is 6.92 Å². The van der Waals surface area contributed by atoms with Crippen molar-refractivity contribution in [2.45, 2.75) is 18.4 Å². The van der Waals surface area contributed by atoms with Crippen LogP contribution in [0.2, 0.25) is 0 Å². The molecular formula is C20H19NO3S. The highest BCUT2D eigenvalue weighted by Gasteiger charge is 2.25. The summed E-state index contributed by atoms with van der Waals surface area (Å²) < 4.78 is 27.7. The maximum atomic E-state index is 13.2. The minimum atomic E-state index is -3.76. The molecule has 0 saturated carbocycles. The quantitative estimate of drug-likeness (QED) is 0.751. The Hall–Kier alpha value is -2.79. The molecule has 0 fully saturated rings. The molecule has 3 aromatic carbocycles. The first-order valence-corrected chi connectivity index (χ1v) is 9.33. The molecule has 128 valence electrons. The van der Waals surface area contributed by atoms with E-state index in [0.29, 0.717) is 5.69 Å². The van der Waals surface area contributed by atoms with Crippen LogP contribution < -0.4 is 4.31 Å². The van der Waals surface area contributed by atoms with Crippen molar-refractivity contribution in [2.75, 3.05) is 4.31 Å². The predicted molar refractivity (Wildman–Crippen MR) is 99.1 cm³/mol.